The van der Waals surface area contributed by atoms with E-state index in [0.717, 1.165) is 17.7 Å². The number of aryl methyl sites for hydroxylation is 1. The molecular formula is C22H23NO4. The monoisotopic (exact) mass is 365 g/mol. The maximum absolute atomic E-state index is 11.8. The highest BCUT2D eigenvalue weighted by Gasteiger charge is 2.05. The van der Waals surface area contributed by atoms with Gasteiger partial charge in [0.05, 0.1) is 0 Å². The number of carbonyl (C=O) groups excluding carboxylic acids is 2. The van der Waals surface area contributed by atoms with Crippen molar-refractivity contribution in [3.8, 4) is 5.75 Å². The third kappa shape index (κ3) is 7.20. The van der Waals surface area contributed by atoms with Crippen molar-refractivity contribution < 1.29 is 19.1 Å². The molecule has 0 fully saturated rings. The number of anilines is 1. The van der Waals surface area contributed by atoms with Crippen LogP contribution in [0.1, 0.15) is 18.1 Å². The van der Waals surface area contributed by atoms with Gasteiger partial charge in [-0.05, 0) is 47.9 Å². The van der Waals surface area contributed by atoms with Crippen LogP contribution in [-0.2, 0) is 20.7 Å². The summed E-state index contributed by atoms with van der Waals surface area (Å²) >= 11 is 0. The average Bonchev–Trinajstić information content (AvgIpc) is 2.70. The first kappa shape index (κ1) is 20.0. The average molecular weight is 365 g/mol. The Bertz CT molecular complexity index is 792. The van der Waals surface area contributed by atoms with Crippen LogP contribution in [0.25, 0.3) is 6.08 Å². The summed E-state index contributed by atoms with van der Waals surface area (Å²) in [6.07, 6.45) is 5.49. The third-order valence-electron chi connectivity index (χ3n) is 3.65. The van der Waals surface area contributed by atoms with Crippen LogP contribution in [0.3, 0.4) is 0 Å². The van der Waals surface area contributed by atoms with Gasteiger partial charge in [-0.2, -0.15) is 0 Å². The van der Waals surface area contributed by atoms with E-state index in [1.165, 1.54) is 11.6 Å². The Morgan fingerprint density at radius 3 is 2.41 bits per heavy atom. The van der Waals surface area contributed by atoms with Gasteiger partial charge in [-0.3, -0.25) is 4.79 Å². The van der Waals surface area contributed by atoms with Crippen molar-refractivity contribution in [3.05, 3.63) is 78.4 Å². The number of benzene rings is 2. The van der Waals surface area contributed by atoms with E-state index < -0.39 is 5.97 Å². The van der Waals surface area contributed by atoms with Gasteiger partial charge in [0.15, 0.2) is 6.61 Å². The van der Waals surface area contributed by atoms with E-state index in [4.69, 9.17) is 9.47 Å². The molecule has 0 aliphatic heterocycles. The van der Waals surface area contributed by atoms with Crippen molar-refractivity contribution in [2.45, 2.75) is 13.3 Å². The zero-order valence-corrected chi connectivity index (χ0v) is 15.3. The zero-order valence-electron chi connectivity index (χ0n) is 15.3. The van der Waals surface area contributed by atoms with Crippen molar-refractivity contribution in [1.82, 2.24) is 0 Å². The van der Waals surface area contributed by atoms with Gasteiger partial charge in [-0.15, -0.1) is 0 Å². The molecule has 27 heavy (non-hydrogen) atoms. The molecule has 0 saturated carbocycles. The van der Waals surface area contributed by atoms with Crippen molar-refractivity contribution >= 4 is 23.6 Å². The van der Waals surface area contributed by atoms with Crippen molar-refractivity contribution in [3.63, 3.8) is 0 Å². The summed E-state index contributed by atoms with van der Waals surface area (Å²) in [5.74, 6) is -0.249. The maximum atomic E-state index is 11.8. The molecule has 0 spiro atoms. The minimum Gasteiger partial charge on any atom is -0.490 e. The van der Waals surface area contributed by atoms with Crippen LogP contribution < -0.4 is 10.1 Å². The van der Waals surface area contributed by atoms with Crippen LogP contribution in [0.4, 0.5) is 5.69 Å². The molecule has 0 atom stereocenters. The van der Waals surface area contributed by atoms with E-state index >= 15 is 0 Å². The highest BCUT2D eigenvalue weighted by Crippen LogP contribution is 2.13. The van der Waals surface area contributed by atoms with Crippen LogP contribution in [0.2, 0.25) is 0 Å². The van der Waals surface area contributed by atoms with E-state index in [-0.39, 0.29) is 12.5 Å². The summed E-state index contributed by atoms with van der Waals surface area (Å²) in [6.45, 7) is 5.74. The molecule has 0 saturated heterocycles. The van der Waals surface area contributed by atoms with Crippen LogP contribution >= 0.6 is 0 Å². The summed E-state index contributed by atoms with van der Waals surface area (Å²) in [6, 6.07) is 14.7. The molecule has 1 N–H and O–H groups in total. The summed E-state index contributed by atoms with van der Waals surface area (Å²) < 4.78 is 10.3. The maximum Gasteiger partial charge on any atom is 0.331 e. The highest BCUT2D eigenvalue weighted by atomic mass is 16.5. The standard InChI is InChI=1S/C22H23NO4/c1-3-15-26-20-12-7-18(8-13-20)9-14-22(25)27-16-21(24)23-19-10-5-17(4-2)6-11-19/h3,5-14H,1,4,15-16H2,2H3,(H,23,24)/b14-9+. The Hall–Kier alpha value is -3.34. The van der Waals surface area contributed by atoms with Crippen LogP contribution in [0.5, 0.6) is 5.75 Å². The van der Waals surface area contributed by atoms with E-state index in [1.807, 2.05) is 36.4 Å². The lowest BCUT2D eigenvalue weighted by Gasteiger charge is -2.06. The minimum atomic E-state index is -0.585. The van der Waals surface area contributed by atoms with Gasteiger partial charge in [0.25, 0.3) is 5.91 Å². The quantitative estimate of drug-likeness (QED) is 0.414. The molecule has 2 aromatic carbocycles. The van der Waals surface area contributed by atoms with Gasteiger partial charge < -0.3 is 14.8 Å². The fourth-order valence-corrected chi connectivity index (χ4v) is 2.20. The first-order chi connectivity index (χ1) is 13.1. The number of nitrogens with one attached hydrogen (secondary N) is 1. The lowest BCUT2D eigenvalue weighted by Crippen LogP contribution is -2.20. The van der Waals surface area contributed by atoms with E-state index in [0.29, 0.717) is 12.3 Å². The number of ether oxygens (including phenoxy) is 2. The lowest BCUT2D eigenvalue weighted by atomic mass is 10.1. The first-order valence-corrected chi connectivity index (χ1v) is 8.68. The lowest BCUT2D eigenvalue weighted by molar-refractivity contribution is -0.142. The van der Waals surface area contributed by atoms with E-state index in [9.17, 15) is 9.59 Å². The van der Waals surface area contributed by atoms with Crippen LogP contribution in [0, 0.1) is 0 Å². The number of rotatable bonds is 9. The van der Waals surface area contributed by atoms with Gasteiger partial charge >= 0.3 is 5.97 Å². The second-order valence-electron chi connectivity index (χ2n) is 5.71. The molecule has 5 nitrogen and oxygen atoms in total. The Morgan fingerprint density at radius 1 is 1.07 bits per heavy atom. The van der Waals surface area contributed by atoms with Crippen molar-refractivity contribution in [1.29, 1.82) is 0 Å². The van der Waals surface area contributed by atoms with Gasteiger partial charge in [0, 0.05) is 11.8 Å². The highest BCUT2D eigenvalue weighted by molar-refractivity contribution is 5.94. The SMILES string of the molecule is C=CCOc1ccc(/C=C/C(=O)OCC(=O)Nc2ccc(CC)cc2)cc1. The molecule has 2 rings (SSSR count). The normalized spacial score (nSPS) is 10.4. The minimum absolute atomic E-state index is 0.340. The molecule has 5 heteroatoms. The van der Waals surface area contributed by atoms with Crippen LogP contribution in [0.15, 0.2) is 67.3 Å². The molecule has 0 heterocycles. The Balaban J connectivity index is 1.76. The first-order valence-electron chi connectivity index (χ1n) is 8.68. The fraction of sp³-hybridized carbons (Fsp3) is 0.182. The van der Waals surface area contributed by atoms with E-state index in [1.54, 1.807) is 24.3 Å². The predicted octanol–water partition coefficient (Wildman–Crippen LogP) is 4.01. The summed E-state index contributed by atoms with van der Waals surface area (Å²) in [5.41, 5.74) is 2.67. The van der Waals surface area contributed by atoms with Gasteiger partial charge in [0.1, 0.15) is 12.4 Å². The van der Waals surface area contributed by atoms with Gasteiger partial charge in [-0.1, -0.05) is 43.8 Å². The number of amides is 1. The number of hydrogen-bond donors (Lipinski definition) is 1. The molecule has 0 aromatic heterocycles. The second-order valence-corrected chi connectivity index (χ2v) is 5.71. The van der Waals surface area contributed by atoms with E-state index in [2.05, 4.69) is 18.8 Å². The summed E-state index contributed by atoms with van der Waals surface area (Å²) in [4.78, 5) is 23.6. The molecular weight excluding hydrogens is 342 g/mol. The Morgan fingerprint density at radius 2 is 1.78 bits per heavy atom. The van der Waals surface area contributed by atoms with Crippen molar-refractivity contribution in [2.75, 3.05) is 18.5 Å². The molecule has 0 aliphatic carbocycles. The Labute approximate surface area is 159 Å². The number of hydrogen-bond acceptors (Lipinski definition) is 4. The Kier molecular flexibility index (Phi) is 7.85. The third-order valence-corrected chi connectivity index (χ3v) is 3.65. The molecule has 140 valence electrons. The molecule has 0 radical (unpaired) electrons. The topological polar surface area (TPSA) is 64.6 Å². The fourth-order valence-electron chi connectivity index (χ4n) is 2.20. The number of esters is 1. The zero-order chi connectivity index (χ0) is 19.5. The molecule has 0 unspecified atom stereocenters. The van der Waals surface area contributed by atoms with Crippen LogP contribution in [-0.4, -0.2) is 25.1 Å². The van der Waals surface area contributed by atoms with Gasteiger partial charge in [0.2, 0.25) is 0 Å². The summed E-state index contributed by atoms with van der Waals surface area (Å²) in [7, 11) is 0. The predicted molar refractivity (Wildman–Crippen MR) is 107 cm³/mol. The number of carbonyl (C=O) groups is 2. The second kappa shape index (κ2) is 10.6. The largest absolute Gasteiger partial charge is 0.490 e. The molecule has 1 amide bonds. The smallest absolute Gasteiger partial charge is 0.331 e. The van der Waals surface area contributed by atoms with Gasteiger partial charge in [-0.25, -0.2) is 4.79 Å². The van der Waals surface area contributed by atoms with Crippen molar-refractivity contribution in [2.24, 2.45) is 0 Å². The summed E-state index contributed by atoms with van der Waals surface area (Å²) in [5, 5.41) is 2.68. The molecule has 2 aromatic rings. The molecule has 0 bridgehead atoms. The molecule has 0 aliphatic rings.